The van der Waals surface area contributed by atoms with Crippen molar-refractivity contribution in [3.8, 4) is 0 Å². The van der Waals surface area contributed by atoms with Crippen molar-refractivity contribution in [2.24, 2.45) is 10.9 Å². The van der Waals surface area contributed by atoms with Crippen molar-refractivity contribution in [1.29, 1.82) is 0 Å². The maximum atomic E-state index is 11.6. The van der Waals surface area contributed by atoms with Crippen LogP contribution in [0.15, 0.2) is 4.99 Å². The van der Waals surface area contributed by atoms with Gasteiger partial charge in [0, 0.05) is 38.8 Å². The molecule has 27 heavy (non-hydrogen) atoms. The second-order valence-electron chi connectivity index (χ2n) is 8.53. The molecule has 0 aromatic heterocycles. The van der Waals surface area contributed by atoms with Gasteiger partial charge in [0.2, 0.25) is 0 Å². The van der Waals surface area contributed by atoms with E-state index in [4.69, 9.17) is 9.73 Å². The first kappa shape index (κ1) is 23.5. The average molecular weight is 384 g/mol. The number of guanidine groups is 1. The fraction of sp³-hybridized carbons (Fsp3) is 0.900. The van der Waals surface area contributed by atoms with Gasteiger partial charge >= 0.3 is 6.09 Å². The largest absolute Gasteiger partial charge is 0.444 e. The number of nitrogens with one attached hydrogen (secondary N) is 3. The van der Waals surface area contributed by atoms with Crippen molar-refractivity contribution >= 4 is 12.1 Å². The summed E-state index contributed by atoms with van der Waals surface area (Å²) in [5.41, 5.74) is -0.461. The Balaban J connectivity index is 2.30. The number of likely N-dealkylation sites (tertiary alicyclic amines) is 1. The predicted octanol–water partition coefficient (Wildman–Crippen LogP) is 2.58. The van der Waals surface area contributed by atoms with Crippen LogP contribution in [0.5, 0.6) is 0 Å². The third kappa shape index (κ3) is 11.1. The number of hydrogen-bond acceptors (Lipinski definition) is 4. The van der Waals surface area contributed by atoms with Gasteiger partial charge in [-0.1, -0.05) is 0 Å². The molecule has 1 rings (SSSR count). The Morgan fingerprint density at radius 3 is 2.56 bits per heavy atom. The Bertz CT molecular complexity index is 460. The highest BCUT2D eigenvalue weighted by atomic mass is 16.6. The highest BCUT2D eigenvalue weighted by Gasteiger charge is 2.21. The van der Waals surface area contributed by atoms with E-state index in [1.54, 1.807) is 0 Å². The zero-order valence-corrected chi connectivity index (χ0v) is 18.2. The lowest BCUT2D eigenvalue weighted by molar-refractivity contribution is 0.0527. The first-order valence-electron chi connectivity index (χ1n) is 10.4. The van der Waals surface area contributed by atoms with Crippen LogP contribution in [0, 0.1) is 5.92 Å². The summed E-state index contributed by atoms with van der Waals surface area (Å²) in [6.45, 7) is 17.6. The minimum absolute atomic E-state index is 0.366. The summed E-state index contributed by atoms with van der Waals surface area (Å²) >= 11 is 0. The standard InChI is InChI=1S/C20H41N5O2/c1-7-21-18(22-11-9-12-23-19(26)27-20(4,5)6)24-14-17-10-8-13-25(15-17)16(2)3/h16-17H,7-15H2,1-6H3,(H,23,26)(H2,21,22,24). The second-order valence-corrected chi connectivity index (χ2v) is 8.53. The van der Waals surface area contributed by atoms with Gasteiger partial charge in [0.1, 0.15) is 5.60 Å². The normalized spacial score (nSPS) is 19.1. The summed E-state index contributed by atoms with van der Waals surface area (Å²) in [6, 6.07) is 0.612. The summed E-state index contributed by atoms with van der Waals surface area (Å²) in [4.78, 5) is 18.9. The van der Waals surface area contributed by atoms with Crippen LogP contribution < -0.4 is 16.0 Å². The minimum atomic E-state index is -0.461. The average Bonchev–Trinajstić information content (AvgIpc) is 2.58. The van der Waals surface area contributed by atoms with E-state index in [9.17, 15) is 4.79 Å². The third-order valence-corrected chi connectivity index (χ3v) is 4.45. The van der Waals surface area contributed by atoms with E-state index in [0.29, 0.717) is 18.5 Å². The highest BCUT2D eigenvalue weighted by Crippen LogP contribution is 2.18. The van der Waals surface area contributed by atoms with E-state index in [-0.39, 0.29) is 6.09 Å². The molecule has 0 aromatic rings. The van der Waals surface area contributed by atoms with Crippen LogP contribution >= 0.6 is 0 Å². The quantitative estimate of drug-likeness (QED) is 0.341. The fourth-order valence-electron chi connectivity index (χ4n) is 3.08. The number of piperidine rings is 1. The third-order valence-electron chi connectivity index (χ3n) is 4.45. The lowest BCUT2D eigenvalue weighted by Gasteiger charge is -2.34. The molecule has 1 atom stereocenters. The van der Waals surface area contributed by atoms with Crippen LogP contribution in [-0.2, 0) is 4.74 Å². The van der Waals surface area contributed by atoms with Crippen LogP contribution in [0.4, 0.5) is 4.79 Å². The molecule has 1 fully saturated rings. The maximum absolute atomic E-state index is 11.6. The van der Waals surface area contributed by atoms with Crippen LogP contribution in [0.3, 0.4) is 0 Å². The fourth-order valence-corrected chi connectivity index (χ4v) is 3.08. The topological polar surface area (TPSA) is 78.0 Å². The zero-order valence-electron chi connectivity index (χ0n) is 18.2. The van der Waals surface area contributed by atoms with E-state index >= 15 is 0 Å². The number of hydrogen-bond donors (Lipinski definition) is 3. The molecule has 0 bridgehead atoms. The number of nitrogens with zero attached hydrogens (tertiary/aromatic N) is 2. The molecular formula is C20H41N5O2. The van der Waals surface area contributed by atoms with Crippen molar-refractivity contribution in [2.75, 3.05) is 39.3 Å². The first-order valence-corrected chi connectivity index (χ1v) is 10.4. The van der Waals surface area contributed by atoms with Gasteiger partial charge in [-0.15, -0.1) is 0 Å². The van der Waals surface area contributed by atoms with Gasteiger partial charge in [0.15, 0.2) is 5.96 Å². The van der Waals surface area contributed by atoms with E-state index in [1.807, 2.05) is 20.8 Å². The molecule has 1 saturated heterocycles. The van der Waals surface area contributed by atoms with E-state index in [1.165, 1.54) is 19.4 Å². The van der Waals surface area contributed by atoms with Gasteiger partial charge in [-0.2, -0.15) is 0 Å². The Morgan fingerprint density at radius 1 is 1.22 bits per heavy atom. The summed E-state index contributed by atoms with van der Waals surface area (Å²) in [6.07, 6.45) is 2.97. The van der Waals surface area contributed by atoms with E-state index in [0.717, 1.165) is 38.6 Å². The predicted molar refractivity (Wildman–Crippen MR) is 112 cm³/mol. The molecular weight excluding hydrogens is 342 g/mol. The lowest BCUT2D eigenvalue weighted by Crippen LogP contribution is -2.42. The molecule has 7 nitrogen and oxygen atoms in total. The monoisotopic (exact) mass is 383 g/mol. The molecule has 0 spiro atoms. The highest BCUT2D eigenvalue weighted by molar-refractivity contribution is 5.79. The molecule has 1 unspecified atom stereocenters. The lowest BCUT2D eigenvalue weighted by atomic mass is 9.97. The Morgan fingerprint density at radius 2 is 1.93 bits per heavy atom. The van der Waals surface area contributed by atoms with Crippen molar-refractivity contribution in [1.82, 2.24) is 20.9 Å². The Labute approximate surface area is 165 Å². The van der Waals surface area contributed by atoms with Crippen molar-refractivity contribution in [2.45, 2.75) is 72.4 Å². The molecule has 158 valence electrons. The number of rotatable bonds is 8. The number of alkyl carbamates (subject to hydrolysis) is 1. The Kier molecular flexibility index (Phi) is 10.5. The van der Waals surface area contributed by atoms with Gasteiger partial charge in [0.25, 0.3) is 0 Å². The molecule has 0 radical (unpaired) electrons. The smallest absolute Gasteiger partial charge is 0.407 e. The minimum Gasteiger partial charge on any atom is -0.444 e. The number of carbonyl (C=O) groups excluding carboxylic acids is 1. The number of amides is 1. The van der Waals surface area contributed by atoms with Crippen LogP contribution in [0.2, 0.25) is 0 Å². The molecule has 1 amide bonds. The van der Waals surface area contributed by atoms with Crippen LogP contribution in [-0.4, -0.2) is 67.9 Å². The molecule has 0 aliphatic carbocycles. The number of carbonyl (C=O) groups is 1. The van der Waals surface area contributed by atoms with Crippen LogP contribution in [0.25, 0.3) is 0 Å². The van der Waals surface area contributed by atoms with E-state index in [2.05, 4.69) is 41.6 Å². The maximum Gasteiger partial charge on any atom is 0.407 e. The van der Waals surface area contributed by atoms with Crippen molar-refractivity contribution in [3.05, 3.63) is 0 Å². The summed E-state index contributed by atoms with van der Waals surface area (Å²) in [5, 5.41) is 9.43. The zero-order chi connectivity index (χ0) is 20.3. The summed E-state index contributed by atoms with van der Waals surface area (Å²) in [5.74, 6) is 1.49. The molecule has 0 saturated carbocycles. The molecule has 1 aliphatic heterocycles. The molecule has 0 aromatic carbocycles. The number of aliphatic imine (C=N–C) groups is 1. The van der Waals surface area contributed by atoms with Gasteiger partial charge in [-0.05, 0) is 73.3 Å². The SMILES string of the molecule is CCNC(=NCC1CCCN(C(C)C)C1)NCCCNC(=O)OC(C)(C)C. The molecule has 3 N–H and O–H groups in total. The Hall–Kier alpha value is -1.50. The van der Waals surface area contributed by atoms with Gasteiger partial charge < -0.3 is 25.6 Å². The molecule has 1 heterocycles. The van der Waals surface area contributed by atoms with Crippen molar-refractivity contribution in [3.63, 3.8) is 0 Å². The number of ether oxygens (including phenoxy) is 1. The van der Waals surface area contributed by atoms with Gasteiger partial charge in [-0.3, -0.25) is 4.99 Å². The molecule has 7 heteroatoms. The van der Waals surface area contributed by atoms with E-state index < -0.39 is 5.60 Å². The summed E-state index contributed by atoms with van der Waals surface area (Å²) in [7, 11) is 0. The molecule has 1 aliphatic rings. The summed E-state index contributed by atoms with van der Waals surface area (Å²) < 4.78 is 5.22. The first-order chi connectivity index (χ1) is 12.7. The van der Waals surface area contributed by atoms with Crippen molar-refractivity contribution < 1.29 is 9.53 Å². The van der Waals surface area contributed by atoms with Gasteiger partial charge in [0.05, 0.1) is 0 Å². The second kappa shape index (κ2) is 12.1. The van der Waals surface area contributed by atoms with Crippen LogP contribution in [0.1, 0.15) is 60.8 Å². The van der Waals surface area contributed by atoms with Gasteiger partial charge in [-0.25, -0.2) is 4.79 Å².